The van der Waals surface area contributed by atoms with Gasteiger partial charge in [0.15, 0.2) is 5.69 Å². The Bertz CT molecular complexity index is 706. The summed E-state index contributed by atoms with van der Waals surface area (Å²) in [5.41, 5.74) is 9.77. The number of hydrogen-bond donors (Lipinski definition) is 3. The molecule has 1 rings (SSSR count). The van der Waals surface area contributed by atoms with Crippen molar-refractivity contribution in [2.24, 2.45) is 11.5 Å². The number of ether oxygens (including phenoxy) is 3. The number of nitrogens with two attached hydrogens (primary N) is 2. The van der Waals surface area contributed by atoms with Crippen molar-refractivity contribution in [3.8, 4) is 5.75 Å². The normalized spacial score (nSPS) is 10.6. The lowest BCUT2D eigenvalue weighted by molar-refractivity contribution is -0.384. The lowest BCUT2D eigenvalue weighted by Gasteiger charge is -2.14. The lowest BCUT2D eigenvalue weighted by atomic mass is 10.1. The summed E-state index contributed by atoms with van der Waals surface area (Å²) >= 11 is 0. The zero-order valence-corrected chi connectivity index (χ0v) is 14.8. The van der Waals surface area contributed by atoms with E-state index < -0.39 is 16.9 Å². The van der Waals surface area contributed by atoms with Crippen LogP contribution in [0, 0.1) is 10.1 Å². The highest BCUT2D eigenvalue weighted by Crippen LogP contribution is 2.36. The Kier molecular flexibility index (Phi) is 9.09. The van der Waals surface area contributed by atoms with Crippen LogP contribution in [0.3, 0.4) is 0 Å². The molecule has 1 aromatic rings. The monoisotopic (exact) mass is 382 g/mol. The first kappa shape index (κ1) is 21.7. The van der Waals surface area contributed by atoms with Crippen molar-refractivity contribution >= 4 is 23.4 Å². The van der Waals surface area contributed by atoms with E-state index >= 15 is 0 Å². The third kappa shape index (κ3) is 7.61. The van der Waals surface area contributed by atoms with E-state index in [1.165, 1.54) is 12.1 Å². The fourth-order valence-corrected chi connectivity index (χ4v) is 2.01. The molecule has 0 aliphatic rings. The summed E-state index contributed by atoms with van der Waals surface area (Å²) < 4.78 is 15.0. The van der Waals surface area contributed by atoms with E-state index in [9.17, 15) is 19.7 Å². The van der Waals surface area contributed by atoms with E-state index in [2.05, 4.69) is 10.1 Å². The summed E-state index contributed by atoms with van der Waals surface area (Å²) in [6, 6.07) is 2.41. The minimum atomic E-state index is -0.906. The van der Waals surface area contributed by atoms with E-state index in [1.54, 1.807) is 13.2 Å². The highest BCUT2D eigenvalue weighted by atomic mass is 16.6. The first-order valence-electron chi connectivity index (χ1n) is 7.91. The van der Waals surface area contributed by atoms with Crippen molar-refractivity contribution in [3.05, 3.63) is 40.0 Å². The summed E-state index contributed by atoms with van der Waals surface area (Å²) in [5.74, 6) is -0.689. The number of rotatable bonds is 12. The van der Waals surface area contributed by atoms with Crippen LogP contribution in [0.2, 0.25) is 0 Å². The number of anilines is 1. The average molecular weight is 382 g/mol. The molecule has 0 spiro atoms. The fraction of sp³-hybridized carbons (Fsp3) is 0.375. The molecule has 0 unspecified atom stereocenters. The van der Waals surface area contributed by atoms with Crippen molar-refractivity contribution < 1.29 is 28.7 Å². The van der Waals surface area contributed by atoms with Gasteiger partial charge in [0.25, 0.3) is 5.69 Å². The number of amides is 2. The largest absolute Gasteiger partial charge is 0.491 e. The Morgan fingerprint density at radius 2 is 2.00 bits per heavy atom. The highest BCUT2D eigenvalue weighted by Gasteiger charge is 2.22. The van der Waals surface area contributed by atoms with Crippen LogP contribution in [0.25, 0.3) is 0 Å². The average Bonchev–Trinajstić information content (AvgIpc) is 2.61. The maximum Gasteiger partial charge on any atom is 0.404 e. The van der Waals surface area contributed by atoms with Crippen LogP contribution in [0.1, 0.15) is 16.8 Å². The molecule has 1 aromatic carbocycles. The highest BCUT2D eigenvalue weighted by molar-refractivity contribution is 5.95. The number of nitro groups is 1. The summed E-state index contributed by atoms with van der Waals surface area (Å²) in [7, 11) is 1.54. The fourth-order valence-electron chi connectivity index (χ4n) is 2.01. The van der Waals surface area contributed by atoms with Crippen LogP contribution >= 0.6 is 0 Å². The van der Waals surface area contributed by atoms with Crippen LogP contribution in [0.5, 0.6) is 5.75 Å². The molecule has 2 amide bonds. The number of nitrogens with one attached hydrogen (secondary N) is 1. The van der Waals surface area contributed by atoms with E-state index in [0.717, 1.165) is 6.07 Å². The Morgan fingerprint density at radius 3 is 2.59 bits per heavy atom. The molecule has 5 N–H and O–H groups in total. The van der Waals surface area contributed by atoms with Gasteiger partial charge in [0, 0.05) is 38.3 Å². The van der Waals surface area contributed by atoms with Crippen molar-refractivity contribution in [1.82, 2.24) is 0 Å². The van der Waals surface area contributed by atoms with Gasteiger partial charge in [-0.1, -0.05) is 6.08 Å². The molecule has 0 fully saturated rings. The second kappa shape index (κ2) is 11.3. The van der Waals surface area contributed by atoms with E-state index in [0.29, 0.717) is 13.0 Å². The van der Waals surface area contributed by atoms with Gasteiger partial charge in [0.2, 0.25) is 5.91 Å². The van der Waals surface area contributed by atoms with Crippen molar-refractivity contribution in [2.75, 3.05) is 38.8 Å². The maximum atomic E-state index is 11.4. The van der Waals surface area contributed by atoms with Gasteiger partial charge in [-0.05, 0) is 12.1 Å². The minimum Gasteiger partial charge on any atom is -0.491 e. The molecule has 0 aliphatic carbocycles. The van der Waals surface area contributed by atoms with E-state index in [-0.39, 0.29) is 42.4 Å². The molecule has 27 heavy (non-hydrogen) atoms. The van der Waals surface area contributed by atoms with E-state index in [4.69, 9.17) is 20.9 Å². The van der Waals surface area contributed by atoms with Crippen molar-refractivity contribution in [2.45, 2.75) is 6.42 Å². The quantitative estimate of drug-likeness (QED) is 0.209. The minimum absolute atomic E-state index is 0.0277. The number of benzene rings is 1. The standard InChI is InChI=1S/C16H22N4O7/c1-25-6-4-8-26-13-10-11(15(17)21)9-12(20(23)24)14(13)19-5-2-3-7-27-16(18)22/h2-3,9-10,19H,4-8H2,1H3,(H2,17,21)(H2,18,22)/b3-2+. The van der Waals surface area contributed by atoms with Crippen LogP contribution < -0.4 is 21.5 Å². The molecular formula is C16H22N4O7. The molecule has 0 aromatic heterocycles. The van der Waals surface area contributed by atoms with Crippen LogP contribution in [0.15, 0.2) is 24.3 Å². The molecule has 0 atom stereocenters. The third-order valence-electron chi connectivity index (χ3n) is 3.20. The predicted octanol–water partition coefficient (Wildman–Crippen LogP) is 1.17. The molecule has 0 aliphatic heterocycles. The Balaban J connectivity index is 2.99. The van der Waals surface area contributed by atoms with Gasteiger partial charge >= 0.3 is 6.09 Å². The first-order chi connectivity index (χ1) is 12.9. The van der Waals surface area contributed by atoms with Gasteiger partial charge in [-0.2, -0.15) is 0 Å². The molecule has 0 bridgehead atoms. The van der Waals surface area contributed by atoms with Gasteiger partial charge in [-0.25, -0.2) is 4.79 Å². The van der Waals surface area contributed by atoms with Gasteiger partial charge in [0.1, 0.15) is 12.4 Å². The summed E-state index contributed by atoms with van der Waals surface area (Å²) in [5, 5.41) is 14.2. The van der Waals surface area contributed by atoms with Crippen molar-refractivity contribution in [1.29, 1.82) is 0 Å². The maximum absolute atomic E-state index is 11.4. The number of carbonyl (C=O) groups is 2. The Morgan fingerprint density at radius 1 is 1.26 bits per heavy atom. The predicted molar refractivity (Wildman–Crippen MR) is 96.8 cm³/mol. The number of nitrogens with zero attached hydrogens (tertiary/aromatic N) is 1. The molecule has 11 heteroatoms. The lowest BCUT2D eigenvalue weighted by Crippen LogP contribution is -2.14. The van der Waals surface area contributed by atoms with Crippen LogP contribution in [-0.2, 0) is 9.47 Å². The summed E-state index contributed by atoms with van der Waals surface area (Å²) in [6.07, 6.45) is 2.75. The molecule has 0 saturated carbocycles. The molecule has 0 radical (unpaired) electrons. The zero-order valence-electron chi connectivity index (χ0n) is 14.8. The van der Waals surface area contributed by atoms with Crippen LogP contribution in [-0.4, -0.2) is 50.4 Å². The van der Waals surface area contributed by atoms with E-state index in [1.807, 2.05) is 0 Å². The zero-order chi connectivity index (χ0) is 20.2. The number of nitro benzene ring substituents is 1. The number of carbonyl (C=O) groups excluding carboxylic acids is 2. The smallest absolute Gasteiger partial charge is 0.404 e. The SMILES string of the molecule is COCCCOc1cc(C(N)=O)cc([N+](=O)[O-])c1NC/C=C/COC(N)=O. The molecule has 0 saturated heterocycles. The molecule has 11 nitrogen and oxygen atoms in total. The van der Waals surface area contributed by atoms with Crippen LogP contribution in [0.4, 0.5) is 16.2 Å². The second-order valence-electron chi connectivity index (χ2n) is 5.17. The Labute approximate surface area is 155 Å². The molecular weight excluding hydrogens is 360 g/mol. The van der Waals surface area contributed by atoms with Gasteiger partial charge in [0.05, 0.1) is 11.5 Å². The van der Waals surface area contributed by atoms with Gasteiger partial charge < -0.3 is 31.0 Å². The Hall–Kier alpha value is -3.34. The number of primary amides is 2. The van der Waals surface area contributed by atoms with Gasteiger partial charge in [-0.3, -0.25) is 14.9 Å². The summed E-state index contributed by atoms with van der Waals surface area (Å²) in [4.78, 5) is 32.6. The number of methoxy groups -OCH3 is 1. The van der Waals surface area contributed by atoms with Crippen molar-refractivity contribution in [3.63, 3.8) is 0 Å². The molecule has 148 valence electrons. The second-order valence-corrected chi connectivity index (χ2v) is 5.17. The summed E-state index contributed by atoms with van der Waals surface area (Å²) in [6.45, 7) is 0.820. The third-order valence-corrected chi connectivity index (χ3v) is 3.20. The van der Waals surface area contributed by atoms with Gasteiger partial charge in [-0.15, -0.1) is 0 Å². The topological polar surface area (TPSA) is 169 Å². The molecule has 0 heterocycles. The number of hydrogen-bond acceptors (Lipinski definition) is 8. The first-order valence-corrected chi connectivity index (χ1v) is 7.91.